The molecule has 1 aromatic carbocycles. The Morgan fingerprint density at radius 1 is 1.37 bits per heavy atom. The lowest BCUT2D eigenvalue weighted by Crippen LogP contribution is -2.28. The van der Waals surface area contributed by atoms with E-state index >= 15 is 0 Å². The molecule has 102 valence electrons. The molecule has 2 rings (SSSR count). The first-order chi connectivity index (χ1) is 8.95. The SMILES string of the molecule is CC(C)c1cc(F)cc(CON2CC(=O)NC2=O)c1. The Bertz CT molecular complexity index is 517. The summed E-state index contributed by atoms with van der Waals surface area (Å²) in [6.45, 7) is 3.83. The van der Waals surface area contributed by atoms with Crippen LogP contribution in [-0.2, 0) is 16.2 Å². The van der Waals surface area contributed by atoms with Crippen molar-refractivity contribution in [2.45, 2.75) is 26.4 Å². The van der Waals surface area contributed by atoms with E-state index in [1.54, 1.807) is 0 Å². The number of hydroxylamine groups is 2. The molecule has 1 aliphatic heterocycles. The van der Waals surface area contributed by atoms with Crippen LogP contribution in [-0.4, -0.2) is 23.5 Å². The minimum atomic E-state index is -0.592. The van der Waals surface area contributed by atoms with Crippen molar-refractivity contribution < 1.29 is 18.8 Å². The molecule has 6 heteroatoms. The van der Waals surface area contributed by atoms with Crippen LogP contribution in [0.1, 0.15) is 30.9 Å². The fraction of sp³-hybridized carbons (Fsp3) is 0.385. The molecule has 3 amide bonds. The molecule has 1 aliphatic rings. The number of nitrogens with one attached hydrogen (secondary N) is 1. The minimum absolute atomic E-state index is 0.0399. The molecule has 0 spiro atoms. The summed E-state index contributed by atoms with van der Waals surface area (Å²) in [5, 5.41) is 3.03. The molecule has 1 heterocycles. The summed E-state index contributed by atoms with van der Waals surface area (Å²) in [6, 6.07) is 4.05. The van der Waals surface area contributed by atoms with E-state index < -0.39 is 11.9 Å². The fourth-order valence-corrected chi connectivity index (χ4v) is 1.77. The molecule has 0 aromatic heterocycles. The van der Waals surface area contributed by atoms with Gasteiger partial charge in [-0.05, 0) is 29.2 Å². The van der Waals surface area contributed by atoms with E-state index in [0.29, 0.717) is 5.56 Å². The smallest absolute Gasteiger partial charge is 0.274 e. The summed E-state index contributed by atoms with van der Waals surface area (Å²) in [7, 11) is 0. The normalized spacial score (nSPS) is 15.3. The molecule has 5 nitrogen and oxygen atoms in total. The largest absolute Gasteiger partial charge is 0.348 e. The summed E-state index contributed by atoms with van der Waals surface area (Å²) < 4.78 is 13.4. The van der Waals surface area contributed by atoms with Crippen LogP contribution < -0.4 is 5.32 Å². The highest BCUT2D eigenvalue weighted by atomic mass is 19.1. The maximum atomic E-state index is 13.4. The topological polar surface area (TPSA) is 58.6 Å². The van der Waals surface area contributed by atoms with Gasteiger partial charge in [-0.1, -0.05) is 19.9 Å². The Morgan fingerprint density at radius 2 is 2.11 bits per heavy atom. The number of carbonyl (C=O) groups excluding carboxylic acids is 2. The number of carbonyl (C=O) groups is 2. The van der Waals surface area contributed by atoms with Crippen LogP contribution in [0.5, 0.6) is 0 Å². The summed E-state index contributed by atoms with van der Waals surface area (Å²) in [4.78, 5) is 27.4. The predicted molar refractivity (Wildman–Crippen MR) is 65.5 cm³/mol. The highest BCUT2D eigenvalue weighted by Gasteiger charge is 2.27. The fourth-order valence-electron chi connectivity index (χ4n) is 1.77. The molecular formula is C13H15FN2O3. The van der Waals surface area contributed by atoms with Crippen LogP contribution in [0.25, 0.3) is 0 Å². The summed E-state index contributed by atoms with van der Waals surface area (Å²) in [6.07, 6.45) is 0. The number of hydrogen-bond acceptors (Lipinski definition) is 3. The van der Waals surface area contributed by atoms with Gasteiger partial charge in [-0.15, -0.1) is 0 Å². The molecule has 0 atom stereocenters. The lowest BCUT2D eigenvalue weighted by atomic mass is 10.0. The van der Waals surface area contributed by atoms with Crippen LogP contribution in [0.4, 0.5) is 9.18 Å². The van der Waals surface area contributed by atoms with Gasteiger partial charge in [0.2, 0.25) is 5.91 Å². The van der Waals surface area contributed by atoms with Gasteiger partial charge in [-0.2, -0.15) is 5.06 Å². The Balaban J connectivity index is 2.03. The van der Waals surface area contributed by atoms with Gasteiger partial charge in [0.25, 0.3) is 0 Å². The highest BCUT2D eigenvalue weighted by molar-refractivity contribution is 6.01. The van der Waals surface area contributed by atoms with Crippen molar-refractivity contribution in [1.82, 2.24) is 10.4 Å². The van der Waals surface area contributed by atoms with E-state index in [4.69, 9.17) is 4.84 Å². The van der Waals surface area contributed by atoms with Gasteiger partial charge in [-0.25, -0.2) is 9.18 Å². The van der Waals surface area contributed by atoms with Crippen LogP contribution in [0, 0.1) is 5.82 Å². The molecule has 1 saturated heterocycles. The minimum Gasteiger partial charge on any atom is -0.274 e. The number of amides is 3. The van der Waals surface area contributed by atoms with Gasteiger partial charge in [0, 0.05) is 0 Å². The third-order valence-corrected chi connectivity index (χ3v) is 2.79. The Morgan fingerprint density at radius 3 is 2.68 bits per heavy atom. The van der Waals surface area contributed by atoms with Crippen molar-refractivity contribution in [3.8, 4) is 0 Å². The van der Waals surface area contributed by atoms with Crippen molar-refractivity contribution in [1.29, 1.82) is 0 Å². The summed E-state index contributed by atoms with van der Waals surface area (Å²) in [5.74, 6) is -0.551. The van der Waals surface area contributed by atoms with Gasteiger partial charge in [0.1, 0.15) is 19.0 Å². The van der Waals surface area contributed by atoms with Gasteiger partial charge in [-0.3, -0.25) is 14.9 Å². The number of benzene rings is 1. The highest BCUT2D eigenvalue weighted by Crippen LogP contribution is 2.18. The van der Waals surface area contributed by atoms with Crippen molar-refractivity contribution in [2.75, 3.05) is 6.54 Å². The number of imide groups is 1. The van der Waals surface area contributed by atoms with E-state index in [0.717, 1.165) is 10.6 Å². The summed E-state index contributed by atoms with van der Waals surface area (Å²) in [5.41, 5.74) is 1.48. The van der Waals surface area contributed by atoms with E-state index in [9.17, 15) is 14.0 Å². The molecule has 0 aliphatic carbocycles. The second-order valence-corrected chi connectivity index (χ2v) is 4.71. The predicted octanol–water partition coefficient (Wildman–Crippen LogP) is 1.93. The van der Waals surface area contributed by atoms with E-state index in [2.05, 4.69) is 5.32 Å². The molecule has 0 bridgehead atoms. The van der Waals surface area contributed by atoms with Gasteiger partial charge in [0.05, 0.1) is 0 Å². The van der Waals surface area contributed by atoms with Gasteiger partial charge < -0.3 is 0 Å². The van der Waals surface area contributed by atoms with E-state index in [1.807, 2.05) is 19.9 Å². The number of hydrogen-bond donors (Lipinski definition) is 1. The molecule has 1 N–H and O–H groups in total. The monoisotopic (exact) mass is 266 g/mol. The molecule has 0 saturated carbocycles. The number of urea groups is 1. The third kappa shape index (κ3) is 3.29. The standard InChI is InChI=1S/C13H15FN2O3/c1-8(2)10-3-9(4-11(14)5-10)7-19-16-6-12(17)15-13(16)18/h3-5,8H,6-7H2,1-2H3,(H,15,17,18). The number of rotatable bonds is 4. The van der Waals surface area contributed by atoms with Crippen LogP contribution in [0.2, 0.25) is 0 Å². The van der Waals surface area contributed by atoms with E-state index in [-0.39, 0.29) is 24.9 Å². The van der Waals surface area contributed by atoms with Crippen molar-refractivity contribution in [2.24, 2.45) is 0 Å². The Kier molecular flexibility index (Phi) is 3.80. The second-order valence-electron chi connectivity index (χ2n) is 4.71. The molecule has 1 aromatic rings. The zero-order valence-electron chi connectivity index (χ0n) is 10.8. The average molecular weight is 266 g/mol. The molecular weight excluding hydrogens is 251 g/mol. The van der Waals surface area contributed by atoms with Gasteiger partial charge >= 0.3 is 6.03 Å². The summed E-state index contributed by atoms with van der Waals surface area (Å²) >= 11 is 0. The van der Waals surface area contributed by atoms with Crippen LogP contribution >= 0.6 is 0 Å². The van der Waals surface area contributed by atoms with E-state index in [1.165, 1.54) is 12.1 Å². The maximum Gasteiger partial charge on any atom is 0.348 e. The molecule has 1 fully saturated rings. The second kappa shape index (κ2) is 5.36. The number of nitrogens with zero attached hydrogens (tertiary/aromatic N) is 1. The van der Waals surface area contributed by atoms with Gasteiger partial charge in [0.15, 0.2) is 0 Å². The van der Waals surface area contributed by atoms with Crippen molar-refractivity contribution >= 4 is 11.9 Å². The zero-order chi connectivity index (χ0) is 14.0. The quantitative estimate of drug-likeness (QED) is 0.847. The van der Waals surface area contributed by atoms with Crippen molar-refractivity contribution in [3.05, 3.63) is 35.1 Å². The molecule has 0 radical (unpaired) electrons. The molecule has 19 heavy (non-hydrogen) atoms. The maximum absolute atomic E-state index is 13.4. The van der Waals surface area contributed by atoms with Crippen LogP contribution in [0.3, 0.4) is 0 Å². The average Bonchev–Trinajstić information content (AvgIpc) is 2.64. The lowest BCUT2D eigenvalue weighted by molar-refractivity contribution is -0.134. The van der Waals surface area contributed by atoms with Crippen molar-refractivity contribution in [3.63, 3.8) is 0 Å². The Labute approximate surface area is 110 Å². The third-order valence-electron chi connectivity index (χ3n) is 2.79. The first-order valence-corrected chi connectivity index (χ1v) is 5.99. The first kappa shape index (κ1) is 13.5. The Hall–Kier alpha value is -1.95. The lowest BCUT2D eigenvalue weighted by Gasteiger charge is -2.14. The first-order valence-electron chi connectivity index (χ1n) is 5.99. The molecule has 0 unspecified atom stereocenters. The number of halogens is 1. The van der Waals surface area contributed by atoms with Crippen LogP contribution in [0.15, 0.2) is 18.2 Å². The zero-order valence-corrected chi connectivity index (χ0v) is 10.8.